The third kappa shape index (κ3) is 2.36. The molecule has 14 heavy (non-hydrogen) atoms. The van der Waals surface area contributed by atoms with Gasteiger partial charge in [0.15, 0.2) is 0 Å². The van der Waals surface area contributed by atoms with E-state index in [4.69, 9.17) is 0 Å². The number of benzene rings is 1. The second kappa shape index (κ2) is 4.14. The van der Waals surface area contributed by atoms with E-state index in [0.717, 1.165) is 5.92 Å². The summed E-state index contributed by atoms with van der Waals surface area (Å²) < 4.78 is 0. The SMILES string of the molecule is C[C@H](N[C@H](C)C1CC1)c1ccccc1. The highest BCUT2D eigenvalue weighted by Gasteiger charge is 2.28. The molecule has 1 fully saturated rings. The van der Waals surface area contributed by atoms with Crippen LogP contribution in [0.3, 0.4) is 0 Å². The van der Waals surface area contributed by atoms with Crippen molar-refractivity contribution < 1.29 is 0 Å². The molecule has 1 aromatic carbocycles. The first kappa shape index (κ1) is 9.72. The summed E-state index contributed by atoms with van der Waals surface area (Å²) in [5.41, 5.74) is 1.39. The van der Waals surface area contributed by atoms with Gasteiger partial charge in [0.1, 0.15) is 0 Å². The molecule has 1 saturated carbocycles. The summed E-state index contributed by atoms with van der Waals surface area (Å²) in [4.78, 5) is 0. The van der Waals surface area contributed by atoms with Crippen molar-refractivity contribution >= 4 is 0 Å². The van der Waals surface area contributed by atoms with Crippen LogP contribution >= 0.6 is 0 Å². The Morgan fingerprint density at radius 2 is 1.79 bits per heavy atom. The van der Waals surface area contributed by atoms with Crippen LogP contribution in [-0.2, 0) is 0 Å². The fraction of sp³-hybridized carbons (Fsp3) is 0.538. The Labute approximate surface area is 86.5 Å². The zero-order chi connectivity index (χ0) is 9.97. The summed E-state index contributed by atoms with van der Waals surface area (Å²) in [7, 11) is 0. The molecule has 0 saturated heterocycles. The van der Waals surface area contributed by atoms with Gasteiger partial charge in [-0.25, -0.2) is 0 Å². The molecular formula is C13H19N. The monoisotopic (exact) mass is 189 g/mol. The molecule has 0 radical (unpaired) electrons. The zero-order valence-electron chi connectivity index (χ0n) is 9.03. The zero-order valence-corrected chi connectivity index (χ0v) is 9.03. The van der Waals surface area contributed by atoms with Crippen molar-refractivity contribution in [3.63, 3.8) is 0 Å². The van der Waals surface area contributed by atoms with E-state index in [9.17, 15) is 0 Å². The highest BCUT2D eigenvalue weighted by Crippen LogP contribution is 2.33. The first-order chi connectivity index (χ1) is 6.77. The third-order valence-electron chi connectivity index (χ3n) is 3.14. The van der Waals surface area contributed by atoms with Gasteiger partial charge in [-0.2, -0.15) is 0 Å². The van der Waals surface area contributed by atoms with E-state index in [-0.39, 0.29) is 0 Å². The molecule has 0 aliphatic heterocycles. The van der Waals surface area contributed by atoms with E-state index in [1.807, 2.05) is 0 Å². The van der Waals surface area contributed by atoms with Gasteiger partial charge >= 0.3 is 0 Å². The van der Waals surface area contributed by atoms with Crippen LogP contribution in [0.15, 0.2) is 30.3 Å². The minimum Gasteiger partial charge on any atom is -0.307 e. The second-order valence-electron chi connectivity index (χ2n) is 4.43. The van der Waals surface area contributed by atoms with Crippen LogP contribution in [0.2, 0.25) is 0 Å². The van der Waals surface area contributed by atoms with Crippen LogP contribution in [-0.4, -0.2) is 6.04 Å². The van der Waals surface area contributed by atoms with E-state index >= 15 is 0 Å². The normalized spacial score (nSPS) is 20.4. The average Bonchev–Trinajstić information content (AvgIpc) is 3.02. The van der Waals surface area contributed by atoms with Crippen LogP contribution in [0.5, 0.6) is 0 Å². The van der Waals surface area contributed by atoms with Gasteiger partial charge in [-0.15, -0.1) is 0 Å². The Morgan fingerprint density at radius 1 is 1.14 bits per heavy atom. The maximum absolute atomic E-state index is 3.66. The Balaban J connectivity index is 1.91. The lowest BCUT2D eigenvalue weighted by molar-refractivity contribution is 0.441. The van der Waals surface area contributed by atoms with E-state index in [1.54, 1.807) is 0 Å². The van der Waals surface area contributed by atoms with Gasteiger partial charge in [0.05, 0.1) is 0 Å². The number of hydrogen-bond acceptors (Lipinski definition) is 1. The second-order valence-corrected chi connectivity index (χ2v) is 4.43. The quantitative estimate of drug-likeness (QED) is 0.767. The molecule has 0 aromatic heterocycles. The predicted molar refractivity (Wildman–Crippen MR) is 60.2 cm³/mol. The molecule has 0 bridgehead atoms. The predicted octanol–water partition coefficient (Wildman–Crippen LogP) is 3.14. The maximum Gasteiger partial charge on any atom is 0.0294 e. The molecule has 1 aliphatic rings. The van der Waals surface area contributed by atoms with Crippen molar-refractivity contribution in [1.82, 2.24) is 5.32 Å². The Morgan fingerprint density at radius 3 is 2.36 bits per heavy atom. The molecule has 0 heterocycles. The average molecular weight is 189 g/mol. The molecule has 0 spiro atoms. The molecule has 0 unspecified atom stereocenters. The summed E-state index contributed by atoms with van der Waals surface area (Å²) in [5, 5.41) is 3.66. The van der Waals surface area contributed by atoms with Crippen LogP contribution in [0.1, 0.15) is 38.3 Å². The van der Waals surface area contributed by atoms with Gasteiger partial charge in [-0.05, 0) is 38.2 Å². The van der Waals surface area contributed by atoms with Crippen LogP contribution in [0.25, 0.3) is 0 Å². The van der Waals surface area contributed by atoms with E-state index in [2.05, 4.69) is 49.5 Å². The largest absolute Gasteiger partial charge is 0.307 e. The summed E-state index contributed by atoms with van der Waals surface area (Å²) in [6, 6.07) is 11.8. The number of nitrogens with one attached hydrogen (secondary N) is 1. The van der Waals surface area contributed by atoms with Crippen molar-refractivity contribution in [3.8, 4) is 0 Å². The first-order valence-electron chi connectivity index (χ1n) is 5.58. The summed E-state index contributed by atoms with van der Waals surface area (Å²) in [5.74, 6) is 0.932. The summed E-state index contributed by atoms with van der Waals surface area (Å²) >= 11 is 0. The molecule has 1 aromatic rings. The molecule has 1 heteroatoms. The van der Waals surface area contributed by atoms with Gasteiger partial charge in [0, 0.05) is 12.1 Å². The summed E-state index contributed by atoms with van der Waals surface area (Å²) in [6.07, 6.45) is 2.82. The standard InChI is InChI=1S/C13H19N/c1-10(12-6-4-3-5-7-12)14-11(2)13-8-9-13/h3-7,10-11,13-14H,8-9H2,1-2H3/t10-,11+/m0/s1. The van der Waals surface area contributed by atoms with Gasteiger partial charge in [-0.3, -0.25) is 0 Å². The highest BCUT2D eigenvalue weighted by molar-refractivity contribution is 5.18. The van der Waals surface area contributed by atoms with Gasteiger partial charge in [-0.1, -0.05) is 30.3 Å². The lowest BCUT2D eigenvalue weighted by Crippen LogP contribution is -2.30. The van der Waals surface area contributed by atoms with Crippen LogP contribution in [0.4, 0.5) is 0 Å². The van der Waals surface area contributed by atoms with Gasteiger partial charge in [0.2, 0.25) is 0 Å². The minimum atomic E-state index is 0.479. The highest BCUT2D eigenvalue weighted by atomic mass is 15.0. The van der Waals surface area contributed by atoms with Crippen LogP contribution in [0, 0.1) is 5.92 Å². The lowest BCUT2D eigenvalue weighted by Gasteiger charge is -2.19. The maximum atomic E-state index is 3.66. The van der Waals surface area contributed by atoms with Crippen molar-refractivity contribution in [2.45, 2.75) is 38.8 Å². The third-order valence-corrected chi connectivity index (χ3v) is 3.14. The molecule has 2 atom stereocenters. The van der Waals surface area contributed by atoms with Crippen molar-refractivity contribution in [1.29, 1.82) is 0 Å². The summed E-state index contributed by atoms with van der Waals surface area (Å²) in [6.45, 7) is 4.55. The van der Waals surface area contributed by atoms with Crippen molar-refractivity contribution in [2.75, 3.05) is 0 Å². The molecule has 0 amide bonds. The van der Waals surface area contributed by atoms with Crippen molar-refractivity contribution in [3.05, 3.63) is 35.9 Å². The number of hydrogen-bond donors (Lipinski definition) is 1. The van der Waals surface area contributed by atoms with Gasteiger partial charge in [0.25, 0.3) is 0 Å². The molecular weight excluding hydrogens is 170 g/mol. The van der Waals surface area contributed by atoms with E-state index in [1.165, 1.54) is 18.4 Å². The minimum absolute atomic E-state index is 0.479. The van der Waals surface area contributed by atoms with Crippen molar-refractivity contribution in [2.24, 2.45) is 5.92 Å². The topological polar surface area (TPSA) is 12.0 Å². The Hall–Kier alpha value is -0.820. The fourth-order valence-corrected chi connectivity index (χ4v) is 1.96. The smallest absolute Gasteiger partial charge is 0.0294 e. The Bertz CT molecular complexity index is 277. The molecule has 76 valence electrons. The fourth-order valence-electron chi connectivity index (χ4n) is 1.96. The molecule has 1 aliphatic carbocycles. The first-order valence-corrected chi connectivity index (χ1v) is 5.58. The van der Waals surface area contributed by atoms with Crippen LogP contribution < -0.4 is 5.32 Å². The molecule has 1 nitrogen and oxygen atoms in total. The van der Waals surface area contributed by atoms with E-state index < -0.39 is 0 Å². The Kier molecular flexibility index (Phi) is 2.87. The van der Waals surface area contributed by atoms with E-state index in [0.29, 0.717) is 12.1 Å². The van der Waals surface area contributed by atoms with Gasteiger partial charge < -0.3 is 5.32 Å². The molecule has 2 rings (SSSR count). The molecule has 1 N–H and O–H groups in total. The number of rotatable bonds is 4. The lowest BCUT2D eigenvalue weighted by atomic mass is 10.1.